The summed E-state index contributed by atoms with van der Waals surface area (Å²) in [6.45, 7) is 4.53. The lowest BCUT2D eigenvalue weighted by atomic mass is 9.77. The zero-order valence-corrected chi connectivity index (χ0v) is 24.5. The van der Waals surface area contributed by atoms with E-state index < -0.39 is 5.60 Å². The smallest absolute Gasteiger partial charge is 0.231 e. The fraction of sp³-hybridized carbons (Fsp3) is 0.211. The molecule has 208 valence electrons. The highest BCUT2D eigenvalue weighted by molar-refractivity contribution is 6.07. The van der Waals surface area contributed by atoms with Crippen LogP contribution in [-0.2, 0) is 18.4 Å². The Morgan fingerprint density at radius 3 is 2.26 bits per heavy atom. The van der Waals surface area contributed by atoms with Gasteiger partial charge in [0.05, 0.1) is 0 Å². The van der Waals surface area contributed by atoms with E-state index in [-0.39, 0.29) is 6.79 Å². The highest BCUT2D eigenvalue weighted by atomic mass is 16.7. The minimum Gasteiger partial charge on any atom is -0.472 e. The Morgan fingerprint density at radius 1 is 0.762 bits per heavy atom. The van der Waals surface area contributed by atoms with Gasteiger partial charge in [0, 0.05) is 41.9 Å². The van der Waals surface area contributed by atoms with Crippen LogP contribution in [0.25, 0.3) is 28.0 Å². The van der Waals surface area contributed by atoms with Crippen LogP contribution in [0, 0.1) is 13.8 Å². The largest absolute Gasteiger partial charge is 0.472 e. The van der Waals surface area contributed by atoms with Crippen LogP contribution >= 0.6 is 0 Å². The third-order valence-corrected chi connectivity index (χ3v) is 9.16. The molecule has 1 unspecified atom stereocenters. The molecule has 42 heavy (non-hydrogen) atoms. The Balaban J connectivity index is 1.42. The summed E-state index contributed by atoms with van der Waals surface area (Å²) in [6, 6.07) is 28.5. The number of hydrogen-bond acceptors (Lipinski definition) is 4. The van der Waals surface area contributed by atoms with Gasteiger partial charge in [-0.1, -0.05) is 66.2 Å². The maximum absolute atomic E-state index is 7.42. The standard InChI is InChI=1S/C38H33NO3/c1-23-9-12-26(13-10-23)38(27-14-16-33(39(3)4)24(2)19-27)18-17-30-29-15-11-25-7-5-6-8-28(25)36(29)31-20-34-35(41-22-40-34)21-32(31)37(30)42-38/h5-10,12-14,16-21H,11,15,22H2,1-4H3. The molecule has 0 saturated heterocycles. The van der Waals surface area contributed by atoms with Gasteiger partial charge in [-0.2, -0.15) is 0 Å². The van der Waals surface area contributed by atoms with Gasteiger partial charge in [-0.15, -0.1) is 0 Å². The van der Waals surface area contributed by atoms with Crippen molar-refractivity contribution in [1.82, 2.24) is 0 Å². The predicted molar refractivity (Wildman–Crippen MR) is 170 cm³/mol. The Labute approximate surface area is 246 Å². The zero-order valence-electron chi connectivity index (χ0n) is 24.5. The van der Waals surface area contributed by atoms with Crippen molar-refractivity contribution in [2.24, 2.45) is 0 Å². The second-order valence-corrected chi connectivity index (χ2v) is 11.9. The van der Waals surface area contributed by atoms with E-state index in [0.29, 0.717) is 0 Å². The summed E-state index contributed by atoms with van der Waals surface area (Å²) in [6.07, 6.45) is 6.54. The lowest BCUT2D eigenvalue weighted by molar-refractivity contribution is 0.163. The lowest BCUT2D eigenvalue weighted by Crippen LogP contribution is -2.35. The summed E-state index contributed by atoms with van der Waals surface area (Å²) in [5.74, 6) is 2.46. The van der Waals surface area contributed by atoms with Gasteiger partial charge in [0.2, 0.25) is 6.79 Å². The molecule has 0 bridgehead atoms. The number of hydrogen-bond donors (Lipinski definition) is 0. The van der Waals surface area contributed by atoms with E-state index in [4.69, 9.17) is 14.2 Å². The summed E-state index contributed by atoms with van der Waals surface area (Å²) in [5, 5.41) is 2.19. The average molecular weight is 552 g/mol. The molecular weight excluding hydrogens is 518 g/mol. The Hall–Kier alpha value is -4.70. The first-order chi connectivity index (χ1) is 20.4. The van der Waals surface area contributed by atoms with Crippen molar-refractivity contribution in [3.8, 4) is 28.4 Å². The Bertz CT molecular complexity index is 1940. The van der Waals surface area contributed by atoms with Gasteiger partial charge in [0.15, 0.2) is 17.1 Å². The summed E-state index contributed by atoms with van der Waals surface area (Å²) in [7, 11) is 4.17. The average Bonchev–Trinajstić information content (AvgIpc) is 3.47. The van der Waals surface area contributed by atoms with Gasteiger partial charge in [-0.25, -0.2) is 0 Å². The molecule has 4 nitrogen and oxygen atoms in total. The summed E-state index contributed by atoms with van der Waals surface area (Å²) < 4.78 is 19.2. The molecule has 1 atom stereocenters. The zero-order chi connectivity index (χ0) is 28.6. The first-order valence-electron chi connectivity index (χ1n) is 14.7. The van der Waals surface area contributed by atoms with Crippen LogP contribution in [0.1, 0.15) is 38.9 Å². The molecule has 4 heteroatoms. The number of aryl methyl sites for hydroxylation is 3. The molecule has 3 aliphatic rings. The number of rotatable bonds is 3. The maximum Gasteiger partial charge on any atom is 0.231 e. The van der Waals surface area contributed by atoms with Crippen LogP contribution in [0.4, 0.5) is 5.69 Å². The number of nitrogens with zero attached hydrogens (tertiary/aromatic N) is 1. The molecule has 0 saturated carbocycles. The Morgan fingerprint density at radius 2 is 1.50 bits per heavy atom. The quantitative estimate of drug-likeness (QED) is 0.225. The van der Waals surface area contributed by atoms with Gasteiger partial charge in [0.25, 0.3) is 0 Å². The minimum atomic E-state index is -0.791. The van der Waals surface area contributed by atoms with Gasteiger partial charge < -0.3 is 19.1 Å². The molecule has 5 aromatic rings. The number of anilines is 1. The van der Waals surface area contributed by atoms with Crippen LogP contribution in [0.5, 0.6) is 17.2 Å². The molecular formula is C38H33NO3. The molecule has 0 fully saturated rings. The van der Waals surface area contributed by atoms with E-state index in [1.165, 1.54) is 39.1 Å². The van der Waals surface area contributed by atoms with Gasteiger partial charge in [-0.3, -0.25) is 0 Å². The van der Waals surface area contributed by atoms with E-state index in [9.17, 15) is 0 Å². The van der Waals surface area contributed by atoms with E-state index in [1.54, 1.807) is 0 Å². The SMILES string of the molecule is Cc1ccc(C2(c3ccc(N(C)C)c(C)c3)C=Cc3c4c(c5cc6c(cc5c3O2)OCO6)-c2ccccc2CC4)cc1. The molecule has 0 radical (unpaired) electrons. The van der Waals surface area contributed by atoms with Crippen molar-refractivity contribution >= 4 is 22.5 Å². The minimum absolute atomic E-state index is 0.234. The summed E-state index contributed by atoms with van der Waals surface area (Å²) in [5.41, 5.74) is 11.5. The first kappa shape index (κ1) is 25.0. The molecule has 2 heterocycles. The Kier molecular flexibility index (Phi) is 5.46. The third kappa shape index (κ3) is 3.61. The van der Waals surface area contributed by atoms with E-state index in [1.807, 2.05) is 0 Å². The lowest BCUT2D eigenvalue weighted by Gasteiger charge is -2.39. The molecule has 1 aliphatic carbocycles. The van der Waals surface area contributed by atoms with Crippen molar-refractivity contribution in [3.05, 3.63) is 124 Å². The number of fused-ring (bicyclic) bond motifs is 9. The molecule has 5 aromatic carbocycles. The normalized spacial score (nSPS) is 17.8. The highest BCUT2D eigenvalue weighted by Gasteiger charge is 2.40. The number of ether oxygens (including phenoxy) is 3. The molecule has 0 aromatic heterocycles. The van der Waals surface area contributed by atoms with Gasteiger partial charge >= 0.3 is 0 Å². The van der Waals surface area contributed by atoms with Crippen LogP contribution in [0.2, 0.25) is 0 Å². The second kappa shape index (κ2) is 9.15. The van der Waals surface area contributed by atoms with Crippen molar-refractivity contribution in [2.75, 3.05) is 25.8 Å². The second-order valence-electron chi connectivity index (χ2n) is 11.9. The third-order valence-electron chi connectivity index (χ3n) is 9.16. The van der Waals surface area contributed by atoms with E-state index in [0.717, 1.165) is 57.6 Å². The van der Waals surface area contributed by atoms with Crippen molar-refractivity contribution < 1.29 is 14.2 Å². The van der Waals surface area contributed by atoms with Crippen molar-refractivity contribution in [2.45, 2.75) is 32.3 Å². The topological polar surface area (TPSA) is 30.9 Å². The summed E-state index contributed by atoms with van der Waals surface area (Å²) >= 11 is 0. The maximum atomic E-state index is 7.42. The monoisotopic (exact) mass is 551 g/mol. The molecule has 8 rings (SSSR count). The fourth-order valence-corrected chi connectivity index (χ4v) is 7.07. The predicted octanol–water partition coefficient (Wildman–Crippen LogP) is 8.37. The molecule has 0 spiro atoms. The van der Waals surface area contributed by atoms with Crippen LogP contribution in [0.3, 0.4) is 0 Å². The fourth-order valence-electron chi connectivity index (χ4n) is 7.07. The molecule has 2 aliphatic heterocycles. The van der Waals surface area contributed by atoms with Crippen molar-refractivity contribution in [3.63, 3.8) is 0 Å². The summed E-state index contributed by atoms with van der Waals surface area (Å²) in [4.78, 5) is 2.16. The van der Waals surface area contributed by atoms with E-state index in [2.05, 4.69) is 124 Å². The highest BCUT2D eigenvalue weighted by Crippen LogP contribution is 2.53. The van der Waals surface area contributed by atoms with Gasteiger partial charge in [0.1, 0.15) is 5.75 Å². The van der Waals surface area contributed by atoms with E-state index >= 15 is 0 Å². The first-order valence-corrected chi connectivity index (χ1v) is 14.7. The molecule has 0 N–H and O–H groups in total. The van der Waals surface area contributed by atoms with Gasteiger partial charge in [-0.05, 0) is 90.2 Å². The van der Waals surface area contributed by atoms with Crippen LogP contribution < -0.4 is 19.1 Å². The molecule has 0 amide bonds. The van der Waals surface area contributed by atoms with Crippen molar-refractivity contribution in [1.29, 1.82) is 0 Å². The van der Waals surface area contributed by atoms with Crippen LogP contribution in [0.15, 0.2) is 84.9 Å². The van der Waals surface area contributed by atoms with Crippen LogP contribution in [-0.4, -0.2) is 20.9 Å². The number of benzene rings is 5.